The molecule has 2 aromatic carbocycles. The van der Waals surface area contributed by atoms with Crippen LogP contribution < -0.4 is 5.43 Å². The number of nitrogens with zero attached hydrogens (tertiary/aromatic N) is 2. The van der Waals surface area contributed by atoms with E-state index in [1.807, 2.05) is 55.5 Å². The molecule has 1 heterocycles. The Hall–Kier alpha value is -3.01. The largest absolute Gasteiger partial charge is 0.272 e. The monoisotopic (exact) mass is 289 g/mol. The highest BCUT2D eigenvalue weighted by Crippen LogP contribution is 2.18. The van der Waals surface area contributed by atoms with Gasteiger partial charge in [-0.15, -0.1) is 0 Å². The predicted octanol–water partition coefficient (Wildman–Crippen LogP) is 3.39. The SMILES string of the molecule is C/C(=N\NC(=O)c1cccc2ccccc12)c1ccncc1. The van der Waals surface area contributed by atoms with Crippen LogP contribution in [0.1, 0.15) is 22.8 Å². The highest BCUT2D eigenvalue weighted by molar-refractivity contribution is 6.07. The number of rotatable bonds is 3. The van der Waals surface area contributed by atoms with Crippen molar-refractivity contribution in [3.63, 3.8) is 0 Å². The van der Waals surface area contributed by atoms with Crippen LogP contribution in [-0.2, 0) is 0 Å². The van der Waals surface area contributed by atoms with Gasteiger partial charge in [0.1, 0.15) is 0 Å². The average molecular weight is 289 g/mol. The third-order valence-electron chi connectivity index (χ3n) is 3.46. The van der Waals surface area contributed by atoms with Gasteiger partial charge in [-0.3, -0.25) is 9.78 Å². The molecule has 0 saturated carbocycles. The van der Waals surface area contributed by atoms with Crippen LogP contribution in [0.2, 0.25) is 0 Å². The van der Waals surface area contributed by atoms with Gasteiger partial charge in [0.25, 0.3) is 5.91 Å². The Morgan fingerprint density at radius 1 is 1.00 bits per heavy atom. The Balaban J connectivity index is 1.85. The number of fused-ring (bicyclic) bond motifs is 1. The Bertz CT molecular complexity index is 836. The van der Waals surface area contributed by atoms with E-state index in [0.29, 0.717) is 5.56 Å². The Labute approximate surface area is 128 Å². The van der Waals surface area contributed by atoms with E-state index in [0.717, 1.165) is 22.0 Å². The summed E-state index contributed by atoms with van der Waals surface area (Å²) >= 11 is 0. The number of benzene rings is 2. The lowest BCUT2D eigenvalue weighted by Crippen LogP contribution is -2.19. The number of nitrogens with one attached hydrogen (secondary N) is 1. The molecule has 1 aromatic heterocycles. The molecule has 0 unspecified atom stereocenters. The van der Waals surface area contributed by atoms with Gasteiger partial charge < -0.3 is 0 Å². The smallest absolute Gasteiger partial charge is 0.267 e. The van der Waals surface area contributed by atoms with E-state index in [2.05, 4.69) is 15.5 Å². The molecule has 0 spiro atoms. The molecule has 0 atom stereocenters. The molecule has 0 bridgehead atoms. The summed E-state index contributed by atoms with van der Waals surface area (Å²) in [5.74, 6) is -0.217. The minimum absolute atomic E-state index is 0.217. The normalized spacial score (nSPS) is 11.4. The Kier molecular flexibility index (Phi) is 3.92. The molecule has 1 amide bonds. The lowest BCUT2D eigenvalue weighted by atomic mass is 10.0. The number of aromatic nitrogens is 1. The van der Waals surface area contributed by atoms with Gasteiger partial charge in [-0.25, -0.2) is 5.43 Å². The van der Waals surface area contributed by atoms with Crippen LogP contribution in [-0.4, -0.2) is 16.6 Å². The minimum Gasteiger partial charge on any atom is -0.267 e. The van der Waals surface area contributed by atoms with E-state index in [4.69, 9.17) is 0 Å². The van der Waals surface area contributed by atoms with Crippen LogP contribution in [0.5, 0.6) is 0 Å². The van der Waals surface area contributed by atoms with Crippen molar-refractivity contribution in [3.8, 4) is 0 Å². The second-order valence-corrected chi connectivity index (χ2v) is 4.90. The van der Waals surface area contributed by atoms with Gasteiger partial charge in [-0.2, -0.15) is 5.10 Å². The summed E-state index contributed by atoms with van der Waals surface area (Å²) in [5, 5.41) is 6.12. The number of carbonyl (C=O) groups excluding carboxylic acids is 1. The second kappa shape index (κ2) is 6.18. The van der Waals surface area contributed by atoms with E-state index >= 15 is 0 Å². The summed E-state index contributed by atoms with van der Waals surface area (Å²) in [4.78, 5) is 16.3. The van der Waals surface area contributed by atoms with Crippen molar-refractivity contribution >= 4 is 22.4 Å². The van der Waals surface area contributed by atoms with E-state index < -0.39 is 0 Å². The molecule has 4 nitrogen and oxygen atoms in total. The molecule has 0 aliphatic heterocycles. The molecule has 4 heteroatoms. The highest BCUT2D eigenvalue weighted by atomic mass is 16.2. The van der Waals surface area contributed by atoms with E-state index in [9.17, 15) is 4.79 Å². The van der Waals surface area contributed by atoms with Crippen LogP contribution in [0.25, 0.3) is 10.8 Å². The standard InChI is InChI=1S/C18H15N3O/c1-13(14-9-11-19-12-10-14)20-21-18(22)17-8-4-6-15-5-2-3-7-16(15)17/h2-12H,1H3,(H,21,22)/b20-13+. The third kappa shape index (κ3) is 2.86. The van der Waals surface area contributed by atoms with Crippen LogP contribution >= 0.6 is 0 Å². The van der Waals surface area contributed by atoms with Crippen molar-refractivity contribution in [2.45, 2.75) is 6.92 Å². The quantitative estimate of drug-likeness (QED) is 0.593. The van der Waals surface area contributed by atoms with Crippen molar-refractivity contribution < 1.29 is 4.79 Å². The predicted molar refractivity (Wildman–Crippen MR) is 87.9 cm³/mol. The van der Waals surface area contributed by atoms with Crippen molar-refractivity contribution in [1.82, 2.24) is 10.4 Å². The lowest BCUT2D eigenvalue weighted by molar-refractivity contribution is 0.0956. The van der Waals surface area contributed by atoms with Gasteiger partial charge in [-0.1, -0.05) is 36.4 Å². The van der Waals surface area contributed by atoms with Crippen molar-refractivity contribution in [2.75, 3.05) is 0 Å². The van der Waals surface area contributed by atoms with Crippen LogP contribution in [0.15, 0.2) is 72.1 Å². The van der Waals surface area contributed by atoms with Crippen LogP contribution in [0.3, 0.4) is 0 Å². The fraction of sp³-hybridized carbons (Fsp3) is 0.0556. The summed E-state index contributed by atoms with van der Waals surface area (Å²) in [5.41, 5.74) is 4.89. The first-order valence-electron chi connectivity index (χ1n) is 6.98. The van der Waals surface area contributed by atoms with Crippen molar-refractivity contribution in [3.05, 3.63) is 78.1 Å². The molecule has 108 valence electrons. The zero-order valence-electron chi connectivity index (χ0n) is 12.2. The fourth-order valence-electron chi connectivity index (χ4n) is 2.28. The topological polar surface area (TPSA) is 54.4 Å². The summed E-state index contributed by atoms with van der Waals surface area (Å²) < 4.78 is 0. The highest BCUT2D eigenvalue weighted by Gasteiger charge is 2.08. The molecule has 0 saturated heterocycles. The summed E-state index contributed by atoms with van der Waals surface area (Å²) in [6.45, 7) is 1.85. The fourth-order valence-corrected chi connectivity index (χ4v) is 2.28. The summed E-state index contributed by atoms with van der Waals surface area (Å²) in [6.07, 6.45) is 3.39. The van der Waals surface area contributed by atoms with Crippen molar-refractivity contribution in [2.24, 2.45) is 5.10 Å². The Morgan fingerprint density at radius 3 is 2.55 bits per heavy atom. The van der Waals surface area contributed by atoms with Crippen LogP contribution in [0, 0.1) is 0 Å². The summed E-state index contributed by atoms with van der Waals surface area (Å²) in [7, 11) is 0. The average Bonchev–Trinajstić information content (AvgIpc) is 2.59. The molecular formula is C18H15N3O. The third-order valence-corrected chi connectivity index (χ3v) is 3.46. The number of hydrazone groups is 1. The number of amides is 1. The first-order valence-corrected chi connectivity index (χ1v) is 6.98. The second-order valence-electron chi connectivity index (χ2n) is 4.90. The zero-order valence-corrected chi connectivity index (χ0v) is 12.2. The van der Waals surface area contributed by atoms with Gasteiger partial charge >= 0.3 is 0 Å². The minimum atomic E-state index is -0.217. The van der Waals surface area contributed by atoms with E-state index in [-0.39, 0.29) is 5.91 Å². The van der Waals surface area contributed by atoms with Crippen molar-refractivity contribution in [1.29, 1.82) is 0 Å². The number of hydrogen-bond acceptors (Lipinski definition) is 3. The molecule has 0 radical (unpaired) electrons. The van der Waals surface area contributed by atoms with Gasteiger partial charge in [0, 0.05) is 23.5 Å². The summed E-state index contributed by atoms with van der Waals surface area (Å²) in [6, 6.07) is 17.1. The number of carbonyl (C=O) groups is 1. The molecule has 0 aliphatic carbocycles. The molecule has 0 aliphatic rings. The molecular weight excluding hydrogens is 274 g/mol. The molecule has 3 aromatic rings. The van der Waals surface area contributed by atoms with Gasteiger partial charge in [0.15, 0.2) is 0 Å². The Morgan fingerprint density at radius 2 is 1.73 bits per heavy atom. The maximum absolute atomic E-state index is 12.4. The van der Waals surface area contributed by atoms with E-state index in [1.165, 1.54) is 0 Å². The molecule has 22 heavy (non-hydrogen) atoms. The first kappa shape index (κ1) is 13.9. The van der Waals surface area contributed by atoms with Gasteiger partial charge in [-0.05, 0) is 35.9 Å². The maximum atomic E-state index is 12.4. The number of hydrogen-bond donors (Lipinski definition) is 1. The van der Waals surface area contributed by atoms with Gasteiger partial charge in [0.2, 0.25) is 0 Å². The molecule has 0 fully saturated rings. The maximum Gasteiger partial charge on any atom is 0.272 e. The molecule has 3 rings (SSSR count). The first-order chi connectivity index (χ1) is 10.8. The lowest BCUT2D eigenvalue weighted by Gasteiger charge is -2.06. The molecule has 1 N–H and O–H groups in total. The van der Waals surface area contributed by atoms with Gasteiger partial charge in [0.05, 0.1) is 5.71 Å². The van der Waals surface area contributed by atoms with Crippen LogP contribution in [0.4, 0.5) is 0 Å². The zero-order chi connectivity index (χ0) is 15.4. The number of pyridine rings is 1. The van der Waals surface area contributed by atoms with E-state index in [1.54, 1.807) is 18.5 Å².